The van der Waals surface area contributed by atoms with Crippen LogP contribution < -0.4 is 0 Å². The van der Waals surface area contributed by atoms with Crippen molar-refractivity contribution in [2.45, 2.75) is 84.0 Å². The largest absolute Gasteiger partial charge is 0.444 e. The lowest BCUT2D eigenvalue weighted by molar-refractivity contribution is 0.0217. The number of carbonyl (C=O) groups excluding carboxylic acids is 2. The van der Waals surface area contributed by atoms with Crippen LogP contribution in [0.2, 0.25) is 0 Å². The maximum atomic E-state index is 12.8. The monoisotopic (exact) mass is 632 g/mol. The van der Waals surface area contributed by atoms with Gasteiger partial charge in [-0.1, -0.05) is 30.3 Å². The zero-order valence-corrected chi connectivity index (χ0v) is 27.9. The van der Waals surface area contributed by atoms with E-state index < -0.39 is 11.2 Å². The van der Waals surface area contributed by atoms with Crippen molar-refractivity contribution < 1.29 is 19.1 Å². The Morgan fingerprint density at radius 2 is 1.49 bits per heavy atom. The van der Waals surface area contributed by atoms with Crippen LogP contribution in [0, 0.1) is 0 Å². The molecule has 2 aliphatic heterocycles. The average molecular weight is 633 g/mol. The van der Waals surface area contributed by atoms with Crippen LogP contribution in [0.5, 0.6) is 0 Å². The number of nitrogens with one attached hydrogen (secondary N) is 2. The summed E-state index contributed by atoms with van der Waals surface area (Å²) >= 11 is 0. The lowest BCUT2D eigenvalue weighted by Crippen LogP contribution is -2.36. The van der Waals surface area contributed by atoms with Crippen LogP contribution in [0.3, 0.4) is 0 Å². The van der Waals surface area contributed by atoms with Crippen molar-refractivity contribution in [3.63, 3.8) is 0 Å². The van der Waals surface area contributed by atoms with Crippen molar-refractivity contribution in [3.05, 3.63) is 60.3 Å². The first-order valence-electron chi connectivity index (χ1n) is 15.5. The molecule has 0 saturated carbocycles. The van der Waals surface area contributed by atoms with Crippen LogP contribution in [0.15, 0.2) is 48.7 Å². The highest BCUT2D eigenvalue weighted by atomic mass is 32.1. The Labute approximate surface area is 271 Å². The van der Waals surface area contributed by atoms with Crippen molar-refractivity contribution in [2.75, 3.05) is 19.6 Å². The standard InChI is InChI=1S/C34H42N6O4.H2S/c1-33(2,3)43-31(41)39-17-15-24(20-39)29-36-25-14-13-23(18-26(25)37-29)21-9-11-22(12-10-21)27-19-35-30(38-27)28-8-7-16-40(28)32(42)44-34(4,5)6;/h9-14,18-19,24,28H,7-8,15-17,20H2,1-6H3,(H,35,38)(H,36,37);1H2/t24?,28-;/m0./s1. The number of hydrogen-bond acceptors (Lipinski definition) is 6. The summed E-state index contributed by atoms with van der Waals surface area (Å²) in [7, 11) is 0. The SMILES string of the molecule is CC(C)(C)OC(=O)N1CCC(c2nc3ccc(-c4ccc(-c5cnc([C@@H]6CCCN6C(=O)OC(C)(C)C)[nH]5)cc4)cc3[nH]2)C1.S. The fraction of sp³-hybridized carbons (Fsp3) is 0.471. The first-order chi connectivity index (χ1) is 20.8. The van der Waals surface area contributed by atoms with E-state index in [2.05, 4.69) is 51.4 Å². The van der Waals surface area contributed by atoms with Crippen molar-refractivity contribution in [2.24, 2.45) is 0 Å². The Kier molecular flexibility index (Phi) is 8.95. The minimum Gasteiger partial charge on any atom is -0.444 e. The molecule has 45 heavy (non-hydrogen) atoms. The average Bonchev–Trinajstić information content (AvgIpc) is 3.76. The number of aromatic amines is 2. The Morgan fingerprint density at radius 3 is 2.20 bits per heavy atom. The molecule has 0 radical (unpaired) electrons. The maximum Gasteiger partial charge on any atom is 0.410 e. The Balaban J connectivity index is 0.00000400. The molecule has 2 aromatic heterocycles. The second kappa shape index (κ2) is 12.4. The summed E-state index contributed by atoms with van der Waals surface area (Å²) < 4.78 is 11.2. The van der Waals surface area contributed by atoms with Crippen molar-refractivity contribution in [3.8, 4) is 22.4 Å². The lowest BCUT2D eigenvalue weighted by atomic mass is 10.0. The van der Waals surface area contributed by atoms with E-state index in [1.165, 1.54) is 0 Å². The molecule has 2 saturated heterocycles. The number of rotatable bonds is 4. The molecule has 4 aromatic rings. The number of hydrogen-bond donors (Lipinski definition) is 2. The molecule has 2 N–H and O–H groups in total. The number of nitrogens with zero attached hydrogens (tertiary/aromatic N) is 4. The molecule has 10 nitrogen and oxygen atoms in total. The quantitative estimate of drug-likeness (QED) is 0.240. The van der Waals surface area contributed by atoms with Crippen LogP contribution in [0.4, 0.5) is 9.59 Å². The first kappa shape index (κ1) is 32.4. The topological polar surface area (TPSA) is 116 Å². The molecular formula is C34H44N6O4S. The predicted molar refractivity (Wildman–Crippen MR) is 180 cm³/mol. The normalized spacial score (nSPS) is 18.7. The number of amides is 2. The molecule has 2 aromatic carbocycles. The van der Waals surface area contributed by atoms with E-state index in [0.717, 1.165) is 64.3 Å². The first-order valence-corrected chi connectivity index (χ1v) is 15.5. The third kappa shape index (κ3) is 7.30. The number of fused-ring (bicyclic) bond motifs is 1. The number of ether oxygens (including phenoxy) is 2. The minimum atomic E-state index is -0.536. The van der Waals surface area contributed by atoms with Gasteiger partial charge in [0.05, 0.1) is 29.0 Å². The van der Waals surface area contributed by atoms with Crippen LogP contribution in [0.1, 0.15) is 84.4 Å². The molecule has 2 fully saturated rings. The van der Waals surface area contributed by atoms with Crippen LogP contribution >= 0.6 is 13.5 Å². The maximum absolute atomic E-state index is 12.8. The summed E-state index contributed by atoms with van der Waals surface area (Å²) in [4.78, 5) is 45.3. The second-order valence-electron chi connectivity index (χ2n) is 13.9. The molecule has 0 aliphatic carbocycles. The van der Waals surface area contributed by atoms with Crippen LogP contribution in [0.25, 0.3) is 33.4 Å². The van der Waals surface area contributed by atoms with E-state index in [0.29, 0.717) is 19.6 Å². The number of carbonyl (C=O) groups is 2. The van der Waals surface area contributed by atoms with Crippen LogP contribution in [-0.4, -0.2) is 72.8 Å². The highest BCUT2D eigenvalue weighted by molar-refractivity contribution is 7.59. The van der Waals surface area contributed by atoms with E-state index in [9.17, 15) is 9.59 Å². The second-order valence-corrected chi connectivity index (χ2v) is 13.9. The highest BCUT2D eigenvalue weighted by Gasteiger charge is 2.35. The van der Waals surface area contributed by atoms with Gasteiger partial charge in [0.1, 0.15) is 22.9 Å². The number of H-pyrrole nitrogens is 2. The Bertz CT molecular complexity index is 1670. The Morgan fingerprint density at radius 1 is 0.822 bits per heavy atom. The molecule has 2 aliphatic rings. The van der Waals surface area contributed by atoms with Crippen LogP contribution in [-0.2, 0) is 9.47 Å². The molecule has 2 amide bonds. The summed E-state index contributed by atoms with van der Waals surface area (Å²) in [6.45, 7) is 13.2. The van der Waals surface area contributed by atoms with Gasteiger partial charge in [0.2, 0.25) is 0 Å². The molecule has 0 spiro atoms. The van der Waals surface area contributed by atoms with Gasteiger partial charge in [0, 0.05) is 25.6 Å². The molecule has 4 heterocycles. The van der Waals surface area contributed by atoms with Gasteiger partial charge in [-0.05, 0) is 89.6 Å². The minimum absolute atomic E-state index is 0. The van der Waals surface area contributed by atoms with E-state index in [-0.39, 0.29) is 37.6 Å². The molecule has 240 valence electrons. The summed E-state index contributed by atoms with van der Waals surface area (Å²) in [6.07, 6.45) is 3.89. The number of aromatic nitrogens is 4. The fourth-order valence-corrected chi connectivity index (χ4v) is 5.96. The van der Waals surface area contributed by atoms with Gasteiger partial charge in [0.25, 0.3) is 0 Å². The summed E-state index contributed by atoms with van der Waals surface area (Å²) in [6, 6.07) is 14.5. The van der Waals surface area contributed by atoms with E-state index >= 15 is 0 Å². The summed E-state index contributed by atoms with van der Waals surface area (Å²) in [5, 5.41) is 0. The number of likely N-dealkylation sites (tertiary alicyclic amines) is 2. The zero-order chi connectivity index (χ0) is 31.2. The van der Waals surface area contributed by atoms with E-state index in [4.69, 9.17) is 14.5 Å². The van der Waals surface area contributed by atoms with Gasteiger partial charge in [-0.3, -0.25) is 4.90 Å². The molecule has 2 atom stereocenters. The molecule has 0 bridgehead atoms. The summed E-state index contributed by atoms with van der Waals surface area (Å²) in [5.74, 6) is 1.84. The van der Waals surface area contributed by atoms with E-state index in [1.807, 2.05) is 53.8 Å². The number of imidazole rings is 2. The smallest absolute Gasteiger partial charge is 0.410 e. The van der Waals surface area contributed by atoms with Gasteiger partial charge in [0.15, 0.2) is 0 Å². The highest BCUT2D eigenvalue weighted by Crippen LogP contribution is 2.34. The Hall–Kier alpha value is -3.99. The molecule has 11 heteroatoms. The van der Waals surface area contributed by atoms with Gasteiger partial charge in [-0.2, -0.15) is 13.5 Å². The van der Waals surface area contributed by atoms with Gasteiger partial charge < -0.3 is 24.3 Å². The lowest BCUT2D eigenvalue weighted by Gasteiger charge is -2.27. The third-order valence-corrected chi connectivity index (χ3v) is 8.05. The number of benzene rings is 2. The zero-order valence-electron chi connectivity index (χ0n) is 26.9. The van der Waals surface area contributed by atoms with Crippen molar-refractivity contribution in [1.29, 1.82) is 0 Å². The van der Waals surface area contributed by atoms with Crippen molar-refractivity contribution >= 4 is 36.7 Å². The molecule has 6 rings (SSSR count). The van der Waals surface area contributed by atoms with Gasteiger partial charge in [-0.15, -0.1) is 0 Å². The predicted octanol–water partition coefficient (Wildman–Crippen LogP) is 7.53. The van der Waals surface area contributed by atoms with E-state index in [1.54, 1.807) is 9.80 Å². The fourth-order valence-electron chi connectivity index (χ4n) is 5.96. The van der Waals surface area contributed by atoms with Gasteiger partial charge >= 0.3 is 12.2 Å². The van der Waals surface area contributed by atoms with Crippen molar-refractivity contribution in [1.82, 2.24) is 29.7 Å². The molecular weight excluding hydrogens is 588 g/mol. The third-order valence-electron chi connectivity index (χ3n) is 8.05. The van der Waals surface area contributed by atoms with Gasteiger partial charge in [-0.25, -0.2) is 19.6 Å². The molecule has 1 unspecified atom stereocenters. The summed E-state index contributed by atoms with van der Waals surface area (Å²) in [5.41, 5.74) is 4.95.